The molecule has 0 spiro atoms. The average Bonchev–Trinajstić information content (AvgIpc) is 2.66. The van der Waals surface area contributed by atoms with Gasteiger partial charge in [-0.3, -0.25) is 0 Å². The van der Waals surface area contributed by atoms with Crippen LogP contribution < -0.4 is 4.74 Å². The van der Waals surface area contributed by atoms with E-state index < -0.39 is 0 Å². The van der Waals surface area contributed by atoms with E-state index in [1.807, 2.05) is 19.1 Å². The van der Waals surface area contributed by atoms with Crippen molar-refractivity contribution in [2.24, 2.45) is 0 Å². The highest BCUT2D eigenvalue weighted by Gasteiger charge is 2.02. The smallest absolute Gasteiger partial charge is 0.146 e. The molecule has 1 heterocycles. The summed E-state index contributed by atoms with van der Waals surface area (Å²) in [5, 5.41) is 0. The summed E-state index contributed by atoms with van der Waals surface area (Å²) < 4.78 is 24.0. The molecule has 0 aliphatic carbocycles. The predicted molar refractivity (Wildman–Crippen MR) is 58.9 cm³/mol. The molecule has 0 saturated heterocycles. The van der Waals surface area contributed by atoms with Crippen molar-refractivity contribution in [3.05, 3.63) is 53.2 Å². The SMILES string of the molecule is Cc1ccc(COc2ccc(C)c(F)c2)o1. The molecular weight excluding hydrogens is 207 g/mol. The first-order chi connectivity index (χ1) is 7.65. The third-order valence-electron chi connectivity index (χ3n) is 2.32. The summed E-state index contributed by atoms with van der Waals surface area (Å²) in [6, 6.07) is 8.53. The maximum Gasteiger partial charge on any atom is 0.146 e. The Morgan fingerprint density at radius 3 is 2.62 bits per heavy atom. The second kappa shape index (κ2) is 4.39. The predicted octanol–water partition coefficient (Wildman–Crippen LogP) is 3.61. The summed E-state index contributed by atoms with van der Waals surface area (Å²) >= 11 is 0. The van der Waals surface area contributed by atoms with Crippen molar-refractivity contribution in [3.63, 3.8) is 0 Å². The molecule has 84 valence electrons. The lowest BCUT2D eigenvalue weighted by atomic mass is 10.2. The van der Waals surface area contributed by atoms with E-state index in [9.17, 15) is 4.39 Å². The molecule has 3 heteroatoms. The molecule has 2 rings (SSSR count). The van der Waals surface area contributed by atoms with Gasteiger partial charge in [0, 0.05) is 6.07 Å². The minimum atomic E-state index is -0.256. The zero-order valence-electron chi connectivity index (χ0n) is 9.29. The van der Waals surface area contributed by atoms with Crippen LogP contribution in [0.1, 0.15) is 17.1 Å². The molecule has 0 fully saturated rings. The fourth-order valence-corrected chi connectivity index (χ4v) is 1.38. The molecule has 2 nitrogen and oxygen atoms in total. The van der Waals surface area contributed by atoms with Gasteiger partial charge in [0.15, 0.2) is 0 Å². The van der Waals surface area contributed by atoms with Gasteiger partial charge in [-0.1, -0.05) is 6.07 Å². The van der Waals surface area contributed by atoms with Crippen molar-refractivity contribution in [3.8, 4) is 5.75 Å². The summed E-state index contributed by atoms with van der Waals surface area (Å²) in [5.74, 6) is 1.83. The zero-order valence-corrected chi connectivity index (χ0v) is 9.29. The van der Waals surface area contributed by atoms with Gasteiger partial charge in [0.05, 0.1) is 0 Å². The van der Waals surface area contributed by atoms with Crippen LogP contribution in [0, 0.1) is 19.7 Å². The lowest BCUT2D eigenvalue weighted by molar-refractivity contribution is 0.266. The van der Waals surface area contributed by atoms with Gasteiger partial charge in [-0.25, -0.2) is 4.39 Å². The van der Waals surface area contributed by atoms with Crippen LogP contribution in [0.5, 0.6) is 5.75 Å². The van der Waals surface area contributed by atoms with Crippen molar-refractivity contribution in [2.45, 2.75) is 20.5 Å². The molecule has 16 heavy (non-hydrogen) atoms. The second-order valence-corrected chi connectivity index (χ2v) is 3.71. The van der Waals surface area contributed by atoms with Gasteiger partial charge in [-0.2, -0.15) is 0 Å². The Hall–Kier alpha value is -1.77. The molecule has 1 aromatic heterocycles. The number of benzene rings is 1. The van der Waals surface area contributed by atoms with Gasteiger partial charge >= 0.3 is 0 Å². The Labute approximate surface area is 93.7 Å². The van der Waals surface area contributed by atoms with E-state index >= 15 is 0 Å². The van der Waals surface area contributed by atoms with Crippen LogP contribution in [-0.2, 0) is 6.61 Å². The van der Waals surface area contributed by atoms with Crippen molar-refractivity contribution < 1.29 is 13.5 Å². The first-order valence-corrected chi connectivity index (χ1v) is 5.09. The van der Waals surface area contributed by atoms with E-state index in [1.54, 1.807) is 19.1 Å². The van der Waals surface area contributed by atoms with Crippen LogP contribution in [0.15, 0.2) is 34.7 Å². The van der Waals surface area contributed by atoms with Crippen molar-refractivity contribution in [1.82, 2.24) is 0 Å². The minimum absolute atomic E-state index is 0.256. The highest BCUT2D eigenvalue weighted by Crippen LogP contribution is 2.17. The molecule has 0 atom stereocenters. The van der Waals surface area contributed by atoms with E-state index in [1.165, 1.54) is 6.07 Å². The first-order valence-electron chi connectivity index (χ1n) is 5.09. The topological polar surface area (TPSA) is 22.4 Å². The average molecular weight is 220 g/mol. The molecule has 0 bridgehead atoms. The van der Waals surface area contributed by atoms with Crippen molar-refractivity contribution in [1.29, 1.82) is 0 Å². The quantitative estimate of drug-likeness (QED) is 0.788. The van der Waals surface area contributed by atoms with Gasteiger partial charge in [0.2, 0.25) is 0 Å². The van der Waals surface area contributed by atoms with Gasteiger partial charge in [-0.15, -0.1) is 0 Å². The second-order valence-electron chi connectivity index (χ2n) is 3.71. The van der Waals surface area contributed by atoms with E-state index in [-0.39, 0.29) is 5.82 Å². The zero-order chi connectivity index (χ0) is 11.5. The van der Waals surface area contributed by atoms with Crippen LogP contribution in [0.25, 0.3) is 0 Å². The van der Waals surface area contributed by atoms with Crippen LogP contribution >= 0.6 is 0 Å². The van der Waals surface area contributed by atoms with Crippen molar-refractivity contribution >= 4 is 0 Å². The van der Waals surface area contributed by atoms with Gasteiger partial charge in [0.25, 0.3) is 0 Å². The number of ether oxygens (including phenoxy) is 1. The molecule has 2 aromatic rings. The number of aryl methyl sites for hydroxylation is 2. The summed E-state index contributed by atoms with van der Waals surface area (Å²) in [5.41, 5.74) is 0.612. The molecular formula is C13H13FO2. The van der Waals surface area contributed by atoms with E-state index in [0.29, 0.717) is 17.9 Å². The van der Waals surface area contributed by atoms with Crippen molar-refractivity contribution in [2.75, 3.05) is 0 Å². The number of hydrogen-bond acceptors (Lipinski definition) is 2. The summed E-state index contributed by atoms with van der Waals surface area (Å²) in [7, 11) is 0. The van der Waals surface area contributed by atoms with E-state index in [2.05, 4.69) is 0 Å². The first kappa shape index (κ1) is 10.7. The van der Waals surface area contributed by atoms with E-state index in [4.69, 9.17) is 9.15 Å². The van der Waals surface area contributed by atoms with Crippen LogP contribution in [-0.4, -0.2) is 0 Å². The molecule has 0 radical (unpaired) electrons. The summed E-state index contributed by atoms with van der Waals surface area (Å²) in [4.78, 5) is 0. The third-order valence-corrected chi connectivity index (χ3v) is 2.32. The van der Waals surface area contributed by atoms with Crippen LogP contribution in [0.2, 0.25) is 0 Å². The van der Waals surface area contributed by atoms with Crippen LogP contribution in [0.4, 0.5) is 4.39 Å². The highest BCUT2D eigenvalue weighted by atomic mass is 19.1. The fraction of sp³-hybridized carbons (Fsp3) is 0.231. The molecule has 0 aliphatic rings. The molecule has 1 aromatic carbocycles. The number of rotatable bonds is 3. The molecule has 0 N–H and O–H groups in total. The van der Waals surface area contributed by atoms with E-state index in [0.717, 1.165) is 11.5 Å². The minimum Gasteiger partial charge on any atom is -0.486 e. The number of hydrogen-bond donors (Lipinski definition) is 0. The monoisotopic (exact) mass is 220 g/mol. The third kappa shape index (κ3) is 2.42. The van der Waals surface area contributed by atoms with Gasteiger partial charge in [-0.05, 0) is 37.6 Å². The largest absolute Gasteiger partial charge is 0.486 e. The molecule has 0 saturated carbocycles. The normalized spacial score (nSPS) is 10.4. The fourth-order valence-electron chi connectivity index (χ4n) is 1.38. The maximum absolute atomic E-state index is 13.2. The lowest BCUT2D eigenvalue weighted by Gasteiger charge is -2.05. The Morgan fingerprint density at radius 1 is 1.19 bits per heavy atom. The summed E-state index contributed by atoms with van der Waals surface area (Å²) in [6.45, 7) is 3.90. The molecule has 0 amide bonds. The Kier molecular flexibility index (Phi) is 2.95. The van der Waals surface area contributed by atoms with Gasteiger partial charge < -0.3 is 9.15 Å². The number of halogens is 1. The Bertz CT molecular complexity index is 488. The molecule has 0 unspecified atom stereocenters. The number of furan rings is 1. The lowest BCUT2D eigenvalue weighted by Crippen LogP contribution is -1.94. The Balaban J connectivity index is 2.02. The maximum atomic E-state index is 13.2. The van der Waals surface area contributed by atoms with Crippen LogP contribution in [0.3, 0.4) is 0 Å². The standard InChI is InChI=1S/C13H13FO2/c1-9-3-5-11(7-13(9)14)15-8-12-6-4-10(2)16-12/h3-7H,8H2,1-2H3. The Morgan fingerprint density at radius 2 is 2.00 bits per heavy atom. The summed E-state index contributed by atoms with van der Waals surface area (Å²) in [6.07, 6.45) is 0. The molecule has 0 aliphatic heterocycles. The highest BCUT2D eigenvalue weighted by molar-refractivity contribution is 5.28. The van der Waals surface area contributed by atoms with Gasteiger partial charge in [0.1, 0.15) is 29.7 Å².